The largest absolute Gasteiger partial charge is 0.347 e. The maximum atomic E-state index is 12.3. The number of amides is 1. The number of nitrogens with one attached hydrogen (secondary N) is 1. The van der Waals surface area contributed by atoms with Crippen molar-refractivity contribution in [1.82, 2.24) is 5.32 Å². The smallest absolute Gasteiger partial charge is 0.288 e. The molecule has 0 unspecified atom stereocenters. The zero-order chi connectivity index (χ0) is 12.8. The minimum atomic E-state index is -2.56. The number of halogens is 3. The number of rotatable bonds is 5. The van der Waals surface area contributed by atoms with Crippen LogP contribution in [0.2, 0.25) is 0 Å². The maximum Gasteiger partial charge on any atom is 0.288 e. The van der Waals surface area contributed by atoms with Crippen LogP contribution in [0.25, 0.3) is 0 Å². The first kappa shape index (κ1) is 14.0. The summed E-state index contributed by atoms with van der Waals surface area (Å²) in [7, 11) is 0. The van der Waals surface area contributed by atoms with E-state index in [0.717, 1.165) is 0 Å². The summed E-state index contributed by atoms with van der Waals surface area (Å²) < 4.78 is 24.5. The zero-order valence-electron chi connectivity index (χ0n) is 8.75. The summed E-state index contributed by atoms with van der Waals surface area (Å²) >= 11 is 5.84. The van der Waals surface area contributed by atoms with E-state index in [0.29, 0.717) is 11.8 Å². The third-order valence-corrected chi connectivity index (χ3v) is 2.71. The Balaban J connectivity index is 2.81. The quantitative estimate of drug-likeness (QED) is 0.835. The predicted octanol–water partition coefficient (Wildman–Crippen LogP) is 3.48. The van der Waals surface area contributed by atoms with Crippen LogP contribution in [-0.4, -0.2) is 18.2 Å². The number of alkyl halides is 2. The first-order valence-corrected chi connectivity index (χ1v) is 5.91. The number of carbonyl (C=O) groups is 1. The molecule has 0 aliphatic carbocycles. The first-order valence-electron chi connectivity index (χ1n) is 4.66. The van der Waals surface area contributed by atoms with Gasteiger partial charge in [-0.25, -0.2) is 0 Å². The van der Waals surface area contributed by atoms with Gasteiger partial charge in [-0.05, 0) is 12.1 Å². The number of thioether (sulfide) groups is 1. The lowest BCUT2D eigenvalue weighted by Crippen LogP contribution is -2.25. The topological polar surface area (TPSA) is 29.1 Å². The maximum absolute atomic E-state index is 12.3. The second kappa shape index (κ2) is 6.61. The second-order valence-electron chi connectivity index (χ2n) is 3.07. The van der Waals surface area contributed by atoms with Gasteiger partial charge in [0.1, 0.15) is 0 Å². The Kier molecular flexibility index (Phi) is 5.44. The van der Waals surface area contributed by atoms with Crippen molar-refractivity contribution in [3.05, 3.63) is 41.4 Å². The van der Waals surface area contributed by atoms with E-state index in [2.05, 4.69) is 11.9 Å². The molecule has 0 fully saturated rings. The Morgan fingerprint density at radius 2 is 2.12 bits per heavy atom. The van der Waals surface area contributed by atoms with Gasteiger partial charge in [-0.2, -0.15) is 8.78 Å². The standard InChI is InChI=1S/C11H10ClF2NOS/c1-7(12)6-15-10(16)8-4-2-3-5-9(8)17-11(13)14/h2-5,11H,1,6H2,(H,15,16). The zero-order valence-corrected chi connectivity index (χ0v) is 10.3. The van der Waals surface area contributed by atoms with Crippen LogP contribution in [0.5, 0.6) is 0 Å². The molecule has 6 heteroatoms. The molecular weight excluding hydrogens is 268 g/mol. The van der Waals surface area contributed by atoms with E-state index in [-0.39, 0.29) is 22.0 Å². The van der Waals surface area contributed by atoms with Gasteiger partial charge in [0.05, 0.1) is 12.1 Å². The third kappa shape index (κ3) is 4.75. The molecule has 1 aromatic carbocycles. The summed E-state index contributed by atoms with van der Waals surface area (Å²) in [5.74, 6) is -3.01. The van der Waals surface area contributed by atoms with E-state index in [1.165, 1.54) is 12.1 Å². The van der Waals surface area contributed by atoms with Crippen LogP contribution in [0.4, 0.5) is 8.78 Å². The first-order chi connectivity index (χ1) is 8.00. The minimum absolute atomic E-state index is 0.105. The van der Waals surface area contributed by atoms with Crippen molar-refractivity contribution in [3.8, 4) is 0 Å². The Morgan fingerprint density at radius 1 is 1.47 bits per heavy atom. The Bertz CT molecular complexity index is 426. The fourth-order valence-electron chi connectivity index (χ4n) is 1.12. The molecule has 0 saturated heterocycles. The van der Waals surface area contributed by atoms with Crippen LogP contribution in [0, 0.1) is 0 Å². The molecule has 0 aliphatic rings. The molecule has 0 radical (unpaired) electrons. The molecule has 0 aliphatic heterocycles. The lowest BCUT2D eigenvalue weighted by molar-refractivity contribution is 0.0954. The molecule has 1 aromatic rings. The summed E-state index contributed by atoms with van der Waals surface area (Å²) in [5, 5.41) is 2.76. The number of hydrogen-bond acceptors (Lipinski definition) is 2. The minimum Gasteiger partial charge on any atom is -0.347 e. The number of benzene rings is 1. The summed E-state index contributed by atoms with van der Waals surface area (Å²) in [4.78, 5) is 11.9. The van der Waals surface area contributed by atoms with Gasteiger partial charge in [0.15, 0.2) is 0 Å². The molecule has 0 spiro atoms. The van der Waals surface area contributed by atoms with Gasteiger partial charge in [-0.3, -0.25) is 4.79 Å². The highest BCUT2D eigenvalue weighted by molar-refractivity contribution is 7.99. The molecule has 2 nitrogen and oxygen atoms in total. The van der Waals surface area contributed by atoms with Gasteiger partial charge in [0.25, 0.3) is 11.7 Å². The summed E-state index contributed by atoms with van der Waals surface area (Å²) in [6.07, 6.45) is 0. The van der Waals surface area contributed by atoms with Crippen molar-refractivity contribution in [2.24, 2.45) is 0 Å². The van der Waals surface area contributed by atoms with Crippen LogP contribution in [-0.2, 0) is 0 Å². The van der Waals surface area contributed by atoms with Crippen LogP contribution < -0.4 is 5.32 Å². The summed E-state index contributed by atoms with van der Waals surface area (Å²) in [6, 6.07) is 6.17. The molecule has 0 heterocycles. The fourth-order valence-corrected chi connectivity index (χ4v) is 1.83. The van der Waals surface area contributed by atoms with E-state index in [1.54, 1.807) is 12.1 Å². The highest BCUT2D eigenvalue weighted by atomic mass is 35.5. The molecule has 1 N–H and O–H groups in total. The van der Waals surface area contributed by atoms with E-state index < -0.39 is 11.7 Å². The molecule has 0 aromatic heterocycles. The van der Waals surface area contributed by atoms with Crippen LogP contribution in [0.15, 0.2) is 40.8 Å². The number of hydrogen-bond donors (Lipinski definition) is 1. The highest BCUT2D eigenvalue weighted by Gasteiger charge is 2.14. The lowest BCUT2D eigenvalue weighted by Gasteiger charge is -2.08. The Hall–Kier alpha value is -1.07. The molecule has 92 valence electrons. The van der Waals surface area contributed by atoms with Crippen molar-refractivity contribution in [3.63, 3.8) is 0 Å². The molecule has 0 bridgehead atoms. The fraction of sp³-hybridized carbons (Fsp3) is 0.182. The van der Waals surface area contributed by atoms with E-state index in [9.17, 15) is 13.6 Å². The lowest BCUT2D eigenvalue weighted by atomic mass is 10.2. The van der Waals surface area contributed by atoms with Gasteiger partial charge in [-0.1, -0.05) is 42.1 Å². The average molecular weight is 278 g/mol. The van der Waals surface area contributed by atoms with Crippen molar-refractivity contribution in [1.29, 1.82) is 0 Å². The van der Waals surface area contributed by atoms with E-state index in [4.69, 9.17) is 11.6 Å². The molecule has 0 atom stereocenters. The van der Waals surface area contributed by atoms with Gasteiger partial charge < -0.3 is 5.32 Å². The van der Waals surface area contributed by atoms with Gasteiger partial charge in [-0.15, -0.1) is 0 Å². The summed E-state index contributed by atoms with van der Waals surface area (Å²) in [5.41, 5.74) is 0.204. The summed E-state index contributed by atoms with van der Waals surface area (Å²) in [6.45, 7) is 3.52. The SMILES string of the molecule is C=C(Cl)CNC(=O)c1ccccc1SC(F)F. The molecular formula is C11H10ClF2NOS. The molecule has 1 amide bonds. The van der Waals surface area contributed by atoms with E-state index >= 15 is 0 Å². The van der Waals surface area contributed by atoms with Crippen molar-refractivity contribution in [2.75, 3.05) is 6.54 Å². The van der Waals surface area contributed by atoms with Crippen LogP contribution >= 0.6 is 23.4 Å². The van der Waals surface area contributed by atoms with Crippen molar-refractivity contribution < 1.29 is 13.6 Å². The Labute approximate surface area is 107 Å². The molecule has 17 heavy (non-hydrogen) atoms. The van der Waals surface area contributed by atoms with Crippen molar-refractivity contribution in [2.45, 2.75) is 10.7 Å². The highest BCUT2D eigenvalue weighted by Crippen LogP contribution is 2.28. The van der Waals surface area contributed by atoms with Crippen LogP contribution in [0.1, 0.15) is 10.4 Å². The Morgan fingerprint density at radius 3 is 2.71 bits per heavy atom. The monoisotopic (exact) mass is 277 g/mol. The van der Waals surface area contributed by atoms with Crippen LogP contribution in [0.3, 0.4) is 0 Å². The predicted molar refractivity (Wildman–Crippen MR) is 65.6 cm³/mol. The normalized spacial score (nSPS) is 10.4. The third-order valence-electron chi connectivity index (χ3n) is 1.79. The van der Waals surface area contributed by atoms with Gasteiger partial charge >= 0.3 is 0 Å². The average Bonchev–Trinajstić information content (AvgIpc) is 2.25. The van der Waals surface area contributed by atoms with Gasteiger partial charge in [0, 0.05) is 9.93 Å². The van der Waals surface area contributed by atoms with E-state index in [1.807, 2.05) is 0 Å². The molecule has 1 rings (SSSR count). The van der Waals surface area contributed by atoms with Crippen molar-refractivity contribution >= 4 is 29.3 Å². The van der Waals surface area contributed by atoms with Gasteiger partial charge in [0.2, 0.25) is 0 Å². The molecule has 0 saturated carbocycles. The number of carbonyl (C=O) groups excluding carboxylic acids is 1. The second-order valence-corrected chi connectivity index (χ2v) is 4.64.